The first kappa shape index (κ1) is 13.4. The van der Waals surface area contributed by atoms with E-state index in [2.05, 4.69) is 50.4 Å². The molecule has 2 rings (SSSR count). The van der Waals surface area contributed by atoms with Gasteiger partial charge >= 0.3 is 6.01 Å². The van der Waals surface area contributed by atoms with Crippen molar-refractivity contribution in [1.82, 2.24) is 10.1 Å². The Morgan fingerprint density at radius 1 is 1.44 bits per heavy atom. The van der Waals surface area contributed by atoms with E-state index >= 15 is 0 Å². The number of benzene rings is 1. The van der Waals surface area contributed by atoms with E-state index in [-0.39, 0.29) is 0 Å². The van der Waals surface area contributed by atoms with Crippen molar-refractivity contribution < 1.29 is 4.52 Å². The summed E-state index contributed by atoms with van der Waals surface area (Å²) in [4.78, 5) is 5.44. The van der Waals surface area contributed by atoms with Gasteiger partial charge in [0, 0.05) is 15.9 Å². The van der Waals surface area contributed by atoms with E-state index in [1.165, 1.54) is 4.90 Å². The molecule has 0 saturated carbocycles. The Balaban J connectivity index is 1.88. The van der Waals surface area contributed by atoms with Gasteiger partial charge in [0.05, 0.1) is 5.75 Å². The van der Waals surface area contributed by atoms with Crippen LogP contribution in [0.2, 0.25) is 0 Å². The average Bonchev–Trinajstić information content (AvgIpc) is 2.82. The second kappa shape index (κ2) is 6.80. The molecule has 0 aliphatic carbocycles. The fraction of sp³-hybridized carbons (Fsp3) is 0.333. The minimum atomic E-state index is 0.502. The third-order valence-corrected chi connectivity index (χ3v) is 3.64. The highest BCUT2D eigenvalue weighted by Crippen LogP contribution is 2.24. The number of nitrogens with zero attached hydrogens (tertiary/aromatic N) is 2. The Morgan fingerprint density at radius 3 is 3.11 bits per heavy atom. The summed E-state index contributed by atoms with van der Waals surface area (Å²) in [6.45, 7) is 2.94. The Kier molecular flexibility index (Phi) is 5.07. The first-order valence-electron chi connectivity index (χ1n) is 5.72. The quantitative estimate of drug-likeness (QED) is 0.814. The normalized spacial score (nSPS) is 10.6. The largest absolute Gasteiger partial charge is 0.338 e. The van der Waals surface area contributed by atoms with E-state index in [1.807, 2.05) is 12.1 Å². The van der Waals surface area contributed by atoms with E-state index in [1.54, 1.807) is 11.8 Å². The first-order chi connectivity index (χ1) is 8.78. The Hall–Kier alpha value is -1.01. The Bertz CT molecular complexity index is 504. The number of hydrogen-bond acceptors (Lipinski definition) is 5. The molecule has 0 aliphatic heterocycles. The lowest BCUT2D eigenvalue weighted by molar-refractivity contribution is 0.425. The number of hydrogen-bond donors (Lipinski definition) is 1. The van der Waals surface area contributed by atoms with Crippen molar-refractivity contribution in [2.45, 2.75) is 24.0 Å². The van der Waals surface area contributed by atoms with Crippen molar-refractivity contribution in [3.8, 4) is 0 Å². The third kappa shape index (κ3) is 4.03. The lowest BCUT2D eigenvalue weighted by Gasteiger charge is -1.98. The molecule has 0 saturated heterocycles. The maximum Gasteiger partial charge on any atom is 0.321 e. The van der Waals surface area contributed by atoms with Crippen LogP contribution in [0.1, 0.15) is 19.2 Å². The Morgan fingerprint density at radius 2 is 2.33 bits per heavy atom. The summed E-state index contributed by atoms with van der Waals surface area (Å²) < 4.78 is 6.16. The van der Waals surface area contributed by atoms with Gasteiger partial charge in [-0.1, -0.05) is 34.1 Å². The summed E-state index contributed by atoms with van der Waals surface area (Å²) in [6, 6.07) is 8.65. The number of rotatable bonds is 6. The molecule has 18 heavy (non-hydrogen) atoms. The van der Waals surface area contributed by atoms with Crippen LogP contribution in [0, 0.1) is 0 Å². The van der Waals surface area contributed by atoms with E-state index in [0.717, 1.165) is 17.4 Å². The highest BCUT2D eigenvalue weighted by molar-refractivity contribution is 9.10. The molecule has 2 aromatic rings. The molecule has 0 amide bonds. The summed E-state index contributed by atoms with van der Waals surface area (Å²) in [6.07, 6.45) is 1.03. The molecular weight excluding hydrogens is 314 g/mol. The number of anilines is 1. The third-order valence-electron chi connectivity index (χ3n) is 2.16. The van der Waals surface area contributed by atoms with E-state index in [9.17, 15) is 0 Å². The van der Waals surface area contributed by atoms with E-state index in [0.29, 0.717) is 17.6 Å². The molecule has 6 heteroatoms. The number of nitrogens with one attached hydrogen (secondary N) is 1. The van der Waals surface area contributed by atoms with Crippen molar-refractivity contribution in [3.05, 3.63) is 34.6 Å². The fourth-order valence-corrected chi connectivity index (χ4v) is 2.67. The molecule has 96 valence electrons. The Labute approximate surface area is 119 Å². The molecule has 4 nitrogen and oxygen atoms in total. The van der Waals surface area contributed by atoms with Crippen LogP contribution in [0.3, 0.4) is 0 Å². The second-order valence-corrected chi connectivity index (χ2v) is 5.65. The first-order valence-corrected chi connectivity index (χ1v) is 7.50. The van der Waals surface area contributed by atoms with Crippen molar-refractivity contribution >= 4 is 33.7 Å². The lowest BCUT2D eigenvalue weighted by atomic mass is 10.4. The highest BCUT2D eigenvalue weighted by atomic mass is 79.9. The van der Waals surface area contributed by atoms with Gasteiger partial charge in [0.15, 0.2) is 5.82 Å². The predicted octanol–water partition coefficient (Wildman–Crippen LogP) is 3.95. The molecule has 0 radical (unpaired) electrons. The van der Waals surface area contributed by atoms with Gasteiger partial charge in [0.25, 0.3) is 0 Å². The van der Waals surface area contributed by atoms with Gasteiger partial charge in [0.1, 0.15) is 0 Å². The van der Waals surface area contributed by atoms with Crippen LogP contribution in [0.25, 0.3) is 0 Å². The molecule has 0 bridgehead atoms. The van der Waals surface area contributed by atoms with Gasteiger partial charge in [-0.15, -0.1) is 11.8 Å². The van der Waals surface area contributed by atoms with Gasteiger partial charge in [-0.3, -0.25) is 0 Å². The summed E-state index contributed by atoms with van der Waals surface area (Å²) in [7, 11) is 0. The van der Waals surface area contributed by atoms with Crippen LogP contribution in [-0.2, 0) is 5.75 Å². The average molecular weight is 328 g/mol. The van der Waals surface area contributed by atoms with Crippen LogP contribution in [0.15, 0.2) is 38.2 Å². The van der Waals surface area contributed by atoms with Crippen molar-refractivity contribution in [2.75, 3.05) is 11.9 Å². The zero-order valence-corrected chi connectivity index (χ0v) is 12.4. The molecule has 0 aliphatic rings. The monoisotopic (exact) mass is 327 g/mol. The zero-order chi connectivity index (χ0) is 12.8. The van der Waals surface area contributed by atoms with E-state index < -0.39 is 0 Å². The minimum Gasteiger partial charge on any atom is -0.338 e. The van der Waals surface area contributed by atoms with Crippen LogP contribution < -0.4 is 5.32 Å². The van der Waals surface area contributed by atoms with Crippen molar-refractivity contribution in [3.63, 3.8) is 0 Å². The predicted molar refractivity (Wildman–Crippen MR) is 76.8 cm³/mol. The van der Waals surface area contributed by atoms with Crippen LogP contribution in [0.4, 0.5) is 6.01 Å². The highest BCUT2D eigenvalue weighted by Gasteiger charge is 2.05. The van der Waals surface area contributed by atoms with Gasteiger partial charge < -0.3 is 9.84 Å². The topological polar surface area (TPSA) is 51.0 Å². The maximum atomic E-state index is 5.08. The second-order valence-electron chi connectivity index (χ2n) is 3.69. The van der Waals surface area contributed by atoms with Gasteiger partial charge in [-0.25, -0.2) is 0 Å². The SMILES string of the molecule is CCCNc1nc(CSc2cccc(Br)c2)no1. The van der Waals surface area contributed by atoms with Crippen molar-refractivity contribution in [2.24, 2.45) is 0 Å². The van der Waals surface area contributed by atoms with Crippen LogP contribution in [0.5, 0.6) is 0 Å². The lowest BCUT2D eigenvalue weighted by Crippen LogP contribution is -1.99. The molecule has 0 fully saturated rings. The van der Waals surface area contributed by atoms with Gasteiger partial charge in [0.2, 0.25) is 0 Å². The van der Waals surface area contributed by atoms with Crippen LogP contribution >= 0.6 is 27.7 Å². The minimum absolute atomic E-state index is 0.502. The molecule has 1 N–H and O–H groups in total. The smallest absolute Gasteiger partial charge is 0.321 e. The molecule has 1 aromatic heterocycles. The maximum absolute atomic E-state index is 5.08. The fourth-order valence-electron chi connectivity index (χ4n) is 1.32. The summed E-state index contributed by atoms with van der Waals surface area (Å²) in [5.74, 6) is 1.41. The zero-order valence-electron chi connectivity index (χ0n) is 10.0. The van der Waals surface area contributed by atoms with E-state index in [4.69, 9.17) is 4.52 Å². The molecule has 1 heterocycles. The molecule has 0 spiro atoms. The number of aromatic nitrogens is 2. The van der Waals surface area contributed by atoms with Crippen molar-refractivity contribution in [1.29, 1.82) is 0 Å². The number of thioether (sulfide) groups is 1. The molecular formula is C12H14BrN3OS. The van der Waals surface area contributed by atoms with Gasteiger partial charge in [-0.05, 0) is 24.6 Å². The summed E-state index contributed by atoms with van der Waals surface area (Å²) in [5.41, 5.74) is 0. The van der Waals surface area contributed by atoms with Gasteiger partial charge in [-0.2, -0.15) is 4.98 Å². The molecule has 0 unspecified atom stereocenters. The summed E-state index contributed by atoms with van der Waals surface area (Å²) >= 11 is 5.13. The molecule has 1 aromatic carbocycles. The number of halogens is 1. The van der Waals surface area contributed by atoms with Crippen LogP contribution in [-0.4, -0.2) is 16.7 Å². The molecule has 0 atom stereocenters. The standard InChI is InChI=1S/C12H14BrN3OS/c1-2-6-14-12-15-11(16-17-12)8-18-10-5-3-4-9(13)7-10/h3-5,7H,2,6,8H2,1H3,(H,14,15,16). The summed E-state index contributed by atoms with van der Waals surface area (Å²) in [5, 5.41) is 6.99.